The van der Waals surface area contributed by atoms with Crippen LogP contribution in [-0.4, -0.2) is 71.9 Å². The number of hydrogen-bond donors (Lipinski definition) is 1. The molecule has 2 unspecified atom stereocenters. The van der Waals surface area contributed by atoms with Crippen molar-refractivity contribution in [1.82, 2.24) is 24.9 Å². The number of nitrogens with zero attached hydrogens (tertiary/aromatic N) is 4. The third kappa shape index (κ3) is 4.80. The van der Waals surface area contributed by atoms with Crippen LogP contribution >= 0.6 is 0 Å². The fourth-order valence-corrected chi connectivity index (χ4v) is 3.16. The van der Waals surface area contributed by atoms with E-state index in [2.05, 4.69) is 47.4 Å². The summed E-state index contributed by atoms with van der Waals surface area (Å²) in [4.78, 5) is 4.98. The Kier molecular flexibility index (Phi) is 6.21. The smallest absolute Gasteiger partial charge is 0.0521 e. The molecule has 1 aromatic heterocycles. The first-order valence-corrected chi connectivity index (χ1v) is 8.19. The van der Waals surface area contributed by atoms with Crippen LogP contribution in [0.1, 0.15) is 25.3 Å². The molecule has 1 aliphatic rings. The van der Waals surface area contributed by atoms with E-state index in [4.69, 9.17) is 0 Å². The molecule has 0 aromatic carbocycles. The molecule has 0 saturated carbocycles. The Balaban J connectivity index is 1.95. The number of likely N-dealkylation sites (N-methyl/N-ethyl adjacent to an activating group) is 2. The van der Waals surface area contributed by atoms with Crippen molar-refractivity contribution in [1.29, 1.82) is 0 Å². The fraction of sp³-hybridized carbons (Fsp3) is 0.812. The van der Waals surface area contributed by atoms with Gasteiger partial charge in [0.05, 0.1) is 6.20 Å². The summed E-state index contributed by atoms with van der Waals surface area (Å²) < 4.78 is 1.89. The zero-order valence-corrected chi connectivity index (χ0v) is 14.0. The highest BCUT2D eigenvalue weighted by Crippen LogP contribution is 2.15. The number of aryl methyl sites for hydroxylation is 2. The molecule has 1 fully saturated rings. The van der Waals surface area contributed by atoms with E-state index in [1.807, 2.05) is 17.9 Å². The Labute approximate surface area is 129 Å². The molecule has 5 heteroatoms. The minimum absolute atomic E-state index is 0.554. The number of nitrogens with one attached hydrogen (secondary N) is 1. The minimum Gasteiger partial charge on any atom is -0.312 e. The van der Waals surface area contributed by atoms with Crippen molar-refractivity contribution in [3.05, 3.63) is 18.0 Å². The first-order valence-electron chi connectivity index (χ1n) is 8.19. The van der Waals surface area contributed by atoms with Gasteiger partial charge in [-0.25, -0.2) is 0 Å². The molecule has 1 aliphatic heterocycles. The monoisotopic (exact) mass is 293 g/mol. The van der Waals surface area contributed by atoms with Crippen LogP contribution in [0, 0.1) is 0 Å². The normalized spacial score (nSPS) is 22.6. The van der Waals surface area contributed by atoms with Crippen molar-refractivity contribution in [3.8, 4) is 0 Å². The van der Waals surface area contributed by atoms with Gasteiger partial charge in [-0.15, -0.1) is 0 Å². The minimum atomic E-state index is 0.554. The summed E-state index contributed by atoms with van der Waals surface area (Å²) in [5.41, 5.74) is 1.34. The van der Waals surface area contributed by atoms with Gasteiger partial charge in [0.25, 0.3) is 0 Å². The molecule has 120 valence electrons. The highest BCUT2D eigenvalue weighted by molar-refractivity contribution is 5.05. The highest BCUT2D eigenvalue weighted by Gasteiger charge is 2.29. The van der Waals surface area contributed by atoms with E-state index < -0.39 is 0 Å². The molecule has 0 aliphatic carbocycles. The molecule has 2 heterocycles. The van der Waals surface area contributed by atoms with E-state index >= 15 is 0 Å². The number of rotatable bonds is 7. The van der Waals surface area contributed by atoms with Crippen LogP contribution in [0.2, 0.25) is 0 Å². The second-order valence-corrected chi connectivity index (χ2v) is 6.43. The first-order chi connectivity index (χ1) is 10.1. The molecule has 0 amide bonds. The second-order valence-electron chi connectivity index (χ2n) is 6.43. The van der Waals surface area contributed by atoms with Gasteiger partial charge in [-0.05, 0) is 45.5 Å². The van der Waals surface area contributed by atoms with Crippen molar-refractivity contribution in [3.63, 3.8) is 0 Å². The summed E-state index contributed by atoms with van der Waals surface area (Å²) >= 11 is 0. The molecular formula is C16H31N5. The molecule has 5 nitrogen and oxygen atoms in total. The Morgan fingerprint density at radius 1 is 1.33 bits per heavy atom. The lowest BCUT2D eigenvalue weighted by Crippen LogP contribution is -2.58. The predicted octanol–water partition coefficient (Wildman–Crippen LogP) is 0.967. The average molecular weight is 293 g/mol. The van der Waals surface area contributed by atoms with Gasteiger partial charge >= 0.3 is 0 Å². The van der Waals surface area contributed by atoms with Crippen LogP contribution in [0.5, 0.6) is 0 Å². The van der Waals surface area contributed by atoms with Gasteiger partial charge in [0.2, 0.25) is 0 Å². The topological polar surface area (TPSA) is 36.3 Å². The van der Waals surface area contributed by atoms with Crippen LogP contribution in [0.25, 0.3) is 0 Å². The summed E-state index contributed by atoms with van der Waals surface area (Å²) in [6.45, 7) is 6.84. The van der Waals surface area contributed by atoms with Crippen LogP contribution in [0.15, 0.2) is 12.4 Å². The van der Waals surface area contributed by atoms with Gasteiger partial charge in [-0.3, -0.25) is 9.58 Å². The third-order valence-corrected chi connectivity index (χ3v) is 4.52. The molecule has 1 saturated heterocycles. The molecule has 0 bridgehead atoms. The van der Waals surface area contributed by atoms with Gasteiger partial charge in [0.1, 0.15) is 0 Å². The quantitative estimate of drug-likeness (QED) is 0.813. The Morgan fingerprint density at radius 3 is 2.81 bits per heavy atom. The zero-order chi connectivity index (χ0) is 15.2. The summed E-state index contributed by atoms with van der Waals surface area (Å²) in [6.07, 6.45) is 7.59. The van der Waals surface area contributed by atoms with E-state index in [1.54, 1.807) is 0 Å². The zero-order valence-electron chi connectivity index (χ0n) is 14.0. The van der Waals surface area contributed by atoms with Gasteiger partial charge in [0.15, 0.2) is 0 Å². The number of aromatic nitrogens is 2. The number of hydrogen-bond acceptors (Lipinski definition) is 4. The molecule has 1 N–H and O–H groups in total. The molecule has 2 atom stereocenters. The van der Waals surface area contributed by atoms with Crippen molar-refractivity contribution < 1.29 is 0 Å². The van der Waals surface area contributed by atoms with Gasteiger partial charge in [-0.2, -0.15) is 5.10 Å². The van der Waals surface area contributed by atoms with Crippen LogP contribution in [0.4, 0.5) is 0 Å². The van der Waals surface area contributed by atoms with E-state index in [9.17, 15) is 0 Å². The Hall–Kier alpha value is -0.910. The maximum absolute atomic E-state index is 4.27. The lowest BCUT2D eigenvalue weighted by Gasteiger charge is -2.42. The SMILES string of the molecule is CCCNC(CCc1cnn(C)c1)C1CN(C)CCN1C. The van der Waals surface area contributed by atoms with Crippen LogP contribution in [0.3, 0.4) is 0 Å². The molecule has 1 aromatic rings. The maximum atomic E-state index is 4.27. The van der Waals surface area contributed by atoms with Crippen LogP contribution < -0.4 is 5.32 Å². The summed E-state index contributed by atoms with van der Waals surface area (Å²) in [5, 5.41) is 8.05. The Bertz CT molecular complexity index is 417. The van der Waals surface area contributed by atoms with Gasteiger partial charge in [0, 0.05) is 45.0 Å². The summed E-state index contributed by atoms with van der Waals surface area (Å²) in [7, 11) is 6.49. The maximum Gasteiger partial charge on any atom is 0.0521 e. The molecule has 21 heavy (non-hydrogen) atoms. The summed E-state index contributed by atoms with van der Waals surface area (Å²) in [5.74, 6) is 0. The standard InChI is InChI=1S/C16H31N5/c1-5-8-17-15(7-6-14-11-18-21(4)12-14)16-13-19(2)9-10-20(16)3/h11-12,15-17H,5-10,13H2,1-4H3. The first kappa shape index (κ1) is 16.5. The third-order valence-electron chi connectivity index (χ3n) is 4.52. The number of piperazine rings is 1. The van der Waals surface area contributed by atoms with Crippen molar-refractivity contribution >= 4 is 0 Å². The Morgan fingerprint density at radius 2 is 2.14 bits per heavy atom. The highest BCUT2D eigenvalue weighted by atomic mass is 15.3. The van der Waals surface area contributed by atoms with E-state index in [1.165, 1.54) is 31.5 Å². The molecular weight excluding hydrogens is 262 g/mol. The lowest BCUT2D eigenvalue weighted by atomic mass is 9.97. The van der Waals surface area contributed by atoms with Crippen molar-refractivity contribution in [2.45, 2.75) is 38.3 Å². The predicted molar refractivity (Wildman–Crippen MR) is 87.5 cm³/mol. The second kappa shape index (κ2) is 7.92. The van der Waals surface area contributed by atoms with Crippen molar-refractivity contribution in [2.24, 2.45) is 7.05 Å². The fourth-order valence-electron chi connectivity index (χ4n) is 3.16. The van der Waals surface area contributed by atoms with Gasteiger partial charge < -0.3 is 10.2 Å². The van der Waals surface area contributed by atoms with Crippen LogP contribution in [-0.2, 0) is 13.5 Å². The van der Waals surface area contributed by atoms with E-state index in [0.29, 0.717) is 12.1 Å². The summed E-state index contributed by atoms with van der Waals surface area (Å²) in [6, 6.07) is 1.16. The molecule has 0 spiro atoms. The lowest BCUT2D eigenvalue weighted by molar-refractivity contribution is 0.0853. The largest absolute Gasteiger partial charge is 0.312 e. The van der Waals surface area contributed by atoms with E-state index in [0.717, 1.165) is 19.5 Å². The molecule has 0 radical (unpaired) electrons. The average Bonchev–Trinajstić information content (AvgIpc) is 2.88. The van der Waals surface area contributed by atoms with E-state index in [-0.39, 0.29) is 0 Å². The van der Waals surface area contributed by atoms with Crippen molar-refractivity contribution in [2.75, 3.05) is 40.3 Å². The molecule has 2 rings (SSSR count). The van der Waals surface area contributed by atoms with Gasteiger partial charge in [-0.1, -0.05) is 6.92 Å².